The largest absolute Gasteiger partial charge is 0.364 e. The molecule has 2 heteroatoms. The summed E-state index contributed by atoms with van der Waals surface area (Å²) in [6.07, 6.45) is 0.740. The Morgan fingerprint density at radius 1 is 1.33 bits per heavy atom. The van der Waals surface area contributed by atoms with Crippen LogP contribution in [-0.2, 0) is 11.2 Å². The predicted molar refractivity (Wildman–Crippen MR) is 49.7 cm³/mol. The Kier molecular flexibility index (Phi) is 2.84. The third-order valence-electron chi connectivity index (χ3n) is 1.86. The minimum atomic E-state index is -0.554. The standard InChI is InChI=1S/C10H15NO/c1-10(11,12-2)8-9-6-4-3-5-7-9/h3-7H,8,11H2,1-2H3/t10-/m0/s1. The normalized spacial score (nSPS) is 15.6. The Balaban J connectivity index is 2.64. The molecule has 0 radical (unpaired) electrons. The lowest BCUT2D eigenvalue weighted by Crippen LogP contribution is -2.40. The minimum absolute atomic E-state index is 0.554. The van der Waals surface area contributed by atoms with E-state index in [9.17, 15) is 0 Å². The summed E-state index contributed by atoms with van der Waals surface area (Å²) < 4.78 is 5.12. The fraction of sp³-hybridized carbons (Fsp3) is 0.400. The van der Waals surface area contributed by atoms with Crippen molar-refractivity contribution in [1.29, 1.82) is 0 Å². The molecular weight excluding hydrogens is 150 g/mol. The van der Waals surface area contributed by atoms with Gasteiger partial charge in [0.25, 0.3) is 0 Å². The van der Waals surface area contributed by atoms with Crippen molar-refractivity contribution in [3.8, 4) is 0 Å². The molecule has 0 bridgehead atoms. The van der Waals surface area contributed by atoms with E-state index >= 15 is 0 Å². The van der Waals surface area contributed by atoms with E-state index in [-0.39, 0.29) is 0 Å². The maximum atomic E-state index is 5.83. The summed E-state index contributed by atoms with van der Waals surface area (Å²) in [5.74, 6) is 0. The molecule has 0 aliphatic carbocycles. The van der Waals surface area contributed by atoms with E-state index in [1.165, 1.54) is 5.56 Å². The Bertz CT molecular complexity index is 231. The summed E-state index contributed by atoms with van der Waals surface area (Å²) in [4.78, 5) is 0. The number of nitrogens with two attached hydrogens (primary N) is 1. The molecule has 0 amide bonds. The SMILES string of the molecule is CO[C@](C)(N)Cc1ccccc1. The molecule has 0 saturated heterocycles. The van der Waals surface area contributed by atoms with Crippen LogP contribution in [0.1, 0.15) is 12.5 Å². The zero-order chi connectivity index (χ0) is 9.03. The Morgan fingerprint density at radius 3 is 2.42 bits per heavy atom. The lowest BCUT2D eigenvalue weighted by atomic mass is 10.1. The van der Waals surface area contributed by atoms with Gasteiger partial charge in [-0.1, -0.05) is 30.3 Å². The lowest BCUT2D eigenvalue weighted by molar-refractivity contribution is 0.0121. The molecule has 1 atom stereocenters. The highest BCUT2D eigenvalue weighted by molar-refractivity contribution is 5.16. The number of methoxy groups -OCH3 is 1. The van der Waals surface area contributed by atoms with Crippen LogP contribution >= 0.6 is 0 Å². The second-order valence-electron chi connectivity index (χ2n) is 3.18. The summed E-state index contributed by atoms with van der Waals surface area (Å²) in [5, 5.41) is 0. The molecule has 0 aromatic heterocycles. The van der Waals surface area contributed by atoms with Crippen LogP contribution in [0.3, 0.4) is 0 Å². The molecule has 1 rings (SSSR count). The highest BCUT2D eigenvalue weighted by Gasteiger charge is 2.16. The maximum absolute atomic E-state index is 5.83. The first kappa shape index (κ1) is 9.23. The van der Waals surface area contributed by atoms with Crippen molar-refractivity contribution < 1.29 is 4.74 Å². The Hall–Kier alpha value is -0.860. The second kappa shape index (κ2) is 3.70. The minimum Gasteiger partial charge on any atom is -0.364 e. The molecule has 2 N–H and O–H groups in total. The molecular formula is C10H15NO. The van der Waals surface area contributed by atoms with Gasteiger partial charge >= 0.3 is 0 Å². The Labute approximate surface area is 73.3 Å². The van der Waals surface area contributed by atoms with Crippen molar-refractivity contribution in [2.24, 2.45) is 5.73 Å². The average molecular weight is 165 g/mol. The molecule has 0 spiro atoms. The van der Waals surface area contributed by atoms with Crippen LogP contribution in [0.2, 0.25) is 0 Å². The number of hydrogen-bond donors (Lipinski definition) is 1. The summed E-state index contributed by atoms with van der Waals surface area (Å²) in [6, 6.07) is 10.1. The summed E-state index contributed by atoms with van der Waals surface area (Å²) in [5.41, 5.74) is 6.47. The fourth-order valence-electron chi connectivity index (χ4n) is 1.07. The van der Waals surface area contributed by atoms with Gasteiger partial charge in [-0.15, -0.1) is 0 Å². The summed E-state index contributed by atoms with van der Waals surface area (Å²) in [6.45, 7) is 1.88. The Morgan fingerprint density at radius 2 is 1.92 bits per heavy atom. The van der Waals surface area contributed by atoms with E-state index in [2.05, 4.69) is 0 Å². The van der Waals surface area contributed by atoms with Gasteiger partial charge in [0, 0.05) is 13.5 Å². The monoisotopic (exact) mass is 165 g/mol. The molecule has 1 aromatic carbocycles. The molecule has 12 heavy (non-hydrogen) atoms. The molecule has 1 aromatic rings. The molecule has 66 valence electrons. The first-order chi connectivity index (χ1) is 5.64. The highest BCUT2D eigenvalue weighted by atomic mass is 16.5. The highest BCUT2D eigenvalue weighted by Crippen LogP contribution is 2.10. The molecule has 0 aliphatic rings. The molecule has 0 unspecified atom stereocenters. The number of ether oxygens (including phenoxy) is 1. The second-order valence-corrected chi connectivity index (χ2v) is 3.18. The number of hydrogen-bond acceptors (Lipinski definition) is 2. The average Bonchev–Trinajstić information content (AvgIpc) is 2.06. The third-order valence-corrected chi connectivity index (χ3v) is 1.86. The van der Waals surface area contributed by atoms with E-state index in [0.717, 1.165) is 6.42 Å². The van der Waals surface area contributed by atoms with Gasteiger partial charge in [-0.3, -0.25) is 0 Å². The van der Waals surface area contributed by atoms with Gasteiger partial charge in [-0.25, -0.2) is 0 Å². The van der Waals surface area contributed by atoms with Gasteiger partial charge in [0.05, 0.1) is 0 Å². The topological polar surface area (TPSA) is 35.2 Å². The summed E-state index contributed by atoms with van der Waals surface area (Å²) in [7, 11) is 1.63. The van der Waals surface area contributed by atoms with E-state index in [0.29, 0.717) is 0 Å². The van der Waals surface area contributed by atoms with Crippen LogP contribution in [0.15, 0.2) is 30.3 Å². The van der Waals surface area contributed by atoms with Crippen molar-refractivity contribution in [1.82, 2.24) is 0 Å². The van der Waals surface area contributed by atoms with Gasteiger partial charge in [0.1, 0.15) is 5.72 Å². The quantitative estimate of drug-likeness (QED) is 0.690. The van der Waals surface area contributed by atoms with Crippen LogP contribution in [0.5, 0.6) is 0 Å². The van der Waals surface area contributed by atoms with Crippen LogP contribution in [0.4, 0.5) is 0 Å². The predicted octanol–water partition coefficient (Wildman–Crippen LogP) is 1.55. The van der Waals surface area contributed by atoms with Crippen LogP contribution in [0.25, 0.3) is 0 Å². The van der Waals surface area contributed by atoms with Crippen molar-refractivity contribution in [3.63, 3.8) is 0 Å². The maximum Gasteiger partial charge on any atom is 0.117 e. The number of benzene rings is 1. The van der Waals surface area contributed by atoms with Gasteiger partial charge in [-0.2, -0.15) is 0 Å². The third kappa shape index (κ3) is 2.64. The van der Waals surface area contributed by atoms with Gasteiger partial charge in [0.15, 0.2) is 0 Å². The first-order valence-electron chi connectivity index (χ1n) is 4.02. The van der Waals surface area contributed by atoms with E-state index < -0.39 is 5.72 Å². The summed E-state index contributed by atoms with van der Waals surface area (Å²) >= 11 is 0. The smallest absolute Gasteiger partial charge is 0.117 e. The number of rotatable bonds is 3. The van der Waals surface area contributed by atoms with Crippen molar-refractivity contribution >= 4 is 0 Å². The molecule has 0 aliphatic heterocycles. The lowest BCUT2D eigenvalue weighted by Gasteiger charge is -2.22. The zero-order valence-corrected chi connectivity index (χ0v) is 7.58. The van der Waals surface area contributed by atoms with Crippen molar-refractivity contribution in [2.45, 2.75) is 19.1 Å². The molecule has 0 saturated carbocycles. The van der Waals surface area contributed by atoms with Crippen LogP contribution in [-0.4, -0.2) is 12.8 Å². The molecule has 2 nitrogen and oxygen atoms in total. The van der Waals surface area contributed by atoms with E-state index in [1.807, 2.05) is 37.3 Å². The van der Waals surface area contributed by atoms with Crippen molar-refractivity contribution in [2.75, 3.05) is 7.11 Å². The van der Waals surface area contributed by atoms with Gasteiger partial charge in [-0.05, 0) is 12.5 Å². The van der Waals surface area contributed by atoms with Gasteiger partial charge < -0.3 is 10.5 Å². The van der Waals surface area contributed by atoms with E-state index in [1.54, 1.807) is 7.11 Å². The molecule has 0 heterocycles. The molecule has 0 fully saturated rings. The van der Waals surface area contributed by atoms with Crippen molar-refractivity contribution in [3.05, 3.63) is 35.9 Å². The zero-order valence-electron chi connectivity index (χ0n) is 7.58. The van der Waals surface area contributed by atoms with E-state index in [4.69, 9.17) is 10.5 Å². The fourth-order valence-corrected chi connectivity index (χ4v) is 1.07. The van der Waals surface area contributed by atoms with Crippen LogP contribution in [0, 0.1) is 0 Å². The van der Waals surface area contributed by atoms with Crippen LogP contribution < -0.4 is 5.73 Å². The first-order valence-corrected chi connectivity index (χ1v) is 4.02. The van der Waals surface area contributed by atoms with Gasteiger partial charge in [0.2, 0.25) is 0 Å².